The minimum Gasteiger partial charge on any atom is -0.349 e. The van der Waals surface area contributed by atoms with E-state index < -0.39 is 11.2 Å². The Morgan fingerprint density at radius 2 is 1.50 bits per heavy atom. The Morgan fingerprint density at radius 1 is 0.950 bits per heavy atom. The van der Waals surface area contributed by atoms with Crippen LogP contribution in [0.1, 0.15) is 19.4 Å². The molecule has 0 amide bonds. The van der Waals surface area contributed by atoms with Crippen LogP contribution in [0, 0.1) is 0 Å². The van der Waals surface area contributed by atoms with Crippen molar-refractivity contribution in [1.82, 2.24) is 0 Å². The Bertz CT molecular complexity index is 626. The minimum absolute atomic E-state index is 0.0510. The van der Waals surface area contributed by atoms with Crippen molar-refractivity contribution in [3.05, 3.63) is 66.2 Å². The number of epoxide rings is 1. The number of carbonyl (C=O) groups excluding carboxylic acids is 1. The largest absolute Gasteiger partial charge is 0.349 e. The molecule has 1 aliphatic rings. The fourth-order valence-corrected chi connectivity index (χ4v) is 3.34. The summed E-state index contributed by atoms with van der Waals surface area (Å²) in [6.07, 6.45) is 0. The number of carbonyl (C=O) groups is 1. The van der Waals surface area contributed by atoms with E-state index in [2.05, 4.69) is 0 Å². The van der Waals surface area contributed by atoms with Crippen LogP contribution in [-0.4, -0.2) is 10.7 Å². The van der Waals surface area contributed by atoms with Crippen molar-refractivity contribution in [2.24, 2.45) is 0 Å². The molecule has 1 aliphatic heterocycles. The highest BCUT2D eigenvalue weighted by Gasteiger charge is 2.69. The third kappa shape index (κ3) is 2.07. The van der Waals surface area contributed by atoms with Gasteiger partial charge in [-0.1, -0.05) is 48.5 Å². The summed E-state index contributed by atoms with van der Waals surface area (Å²) in [5.74, 6) is 0. The fraction of sp³-hybridized carbons (Fsp3) is 0.235. The highest BCUT2D eigenvalue weighted by atomic mass is 32.2. The van der Waals surface area contributed by atoms with Crippen molar-refractivity contribution in [2.75, 3.05) is 0 Å². The van der Waals surface area contributed by atoms with Gasteiger partial charge >= 0.3 is 0 Å². The van der Waals surface area contributed by atoms with E-state index in [1.807, 2.05) is 74.5 Å². The molecular weight excluding hydrogens is 268 g/mol. The van der Waals surface area contributed by atoms with Crippen LogP contribution in [0.15, 0.2) is 65.6 Å². The van der Waals surface area contributed by atoms with Gasteiger partial charge in [0.15, 0.2) is 5.60 Å². The average molecular weight is 284 g/mol. The topological polar surface area (TPSA) is 29.6 Å². The molecule has 1 heterocycles. The number of rotatable bonds is 3. The molecule has 0 N–H and O–H groups in total. The molecule has 1 saturated heterocycles. The van der Waals surface area contributed by atoms with Crippen LogP contribution >= 0.6 is 11.8 Å². The van der Waals surface area contributed by atoms with Gasteiger partial charge in [-0.15, -0.1) is 0 Å². The summed E-state index contributed by atoms with van der Waals surface area (Å²) in [5.41, 5.74) is -0.230. The smallest absolute Gasteiger partial charge is 0.228 e. The second kappa shape index (κ2) is 4.76. The Morgan fingerprint density at radius 3 is 2.10 bits per heavy atom. The summed E-state index contributed by atoms with van der Waals surface area (Å²) < 4.78 is 5.84. The molecule has 2 atom stereocenters. The average Bonchev–Trinajstić information content (AvgIpc) is 3.06. The first-order valence-electron chi connectivity index (χ1n) is 6.59. The highest BCUT2D eigenvalue weighted by molar-refractivity contribution is 8.13. The van der Waals surface area contributed by atoms with Gasteiger partial charge in [0.1, 0.15) is 5.60 Å². The number of hydrogen-bond donors (Lipinski definition) is 0. The zero-order valence-corrected chi connectivity index (χ0v) is 12.3. The Balaban J connectivity index is 1.80. The summed E-state index contributed by atoms with van der Waals surface area (Å²) in [4.78, 5) is 13.5. The molecular formula is C17H16O2S. The van der Waals surface area contributed by atoms with E-state index in [-0.39, 0.29) is 5.12 Å². The summed E-state index contributed by atoms with van der Waals surface area (Å²) in [6.45, 7) is 3.85. The van der Waals surface area contributed by atoms with Crippen molar-refractivity contribution in [3.63, 3.8) is 0 Å². The molecule has 2 nitrogen and oxygen atoms in total. The van der Waals surface area contributed by atoms with Gasteiger partial charge < -0.3 is 4.74 Å². The molecule has 20 heavy (non-hydrogen) atoms. The lowest BCUT2D eigenvalue weighted by Gasteiger charge is -2.11. The van der Waals surface area contributed by atoms with E-state index in [4.69, 9.17) is 4.74 Å². The van der Waals surface area contributed by atoms with Crippen LogP contribution in [0.3, 0.4) is 0 Å². The third-order valence-corrected chi connectivity index (χ3v) is 5.03. The van der Waals surface area contributed by atoms with E-state index >= 15 is 0 Å². The Labute approximate surface area is 123 Å². The first-order chi connectivity index (χ1) is 9.56. The predicted molar refractivity (Wildman–Crippen MR) is 80.6 cm³/mol. The summed E-state index contributed by atoms with van der Waals surface area (Å²) in [7, 11) is 0. The molecule has 3 heteroatoms. The lowest BCUT2D eigenvalue weighted by atomic mass is 9.90. The van der Waals surface area contributed by atoms with Crippen molar-refractivity contribution >= 4 is 16.9 Å². The van der Waals surface area contributed by atoms with Gasteiger partial charge in [-0.2, -0.15) is 0 Å². The number of hydrogen-bond acceptors (Lipinski definition) is 3. The van der Waals surface area contributed by atoms with E-state index in [0.717, 1.165) is 10.5 Å². The molecule has 102 valence electrons. The van der Waals surface area contributed by atoms with Gasteiger partial charge in [0.05, 0.1) is 0 Å². The van der Waals surface area contributed by atoms with Gasteiger partial charge in [-0.25, -0.2) is 0 Å². The van der Waals surface area contributed by atoms with Crippen LogP contribution in [0.2, 0.25) is 0 Å². The summed E-state index contributed by atoms with van der Waals surface area (Å²) >= 11 is 1.25. The van der Waals surface area contributed by atoms with Crippen LogP contribution in [-0.2, 0) is 15.1 Å². The SMILES string of the molecule is C[C@@]1(c2ccccc2)O[C@]1(C)C(=O)Sc1ccccc1. The second-order valence-electron chi connectivity index (χ2n) is 5.24. The van der Waals surface area contributed by atoms with Crippen LogP contribution in [0.4, 0.5) is 0 Å². The zero-order valence-electron chi connectivity index (χ0n) is 11.5. The van der Waals surface area contributed by atoms with E-state index in [0.29, 0.717) is 0 Å². The van der Waals surface area contributed by atoms with E-state index in [9.17, 15) is 4.79 Å². The number of ether oxygens (including phenoxy) is 1. The van der Waals surface area contributed by atoms with Crippen molar-refractivity contribution < 1.29 is 9.53 Å². The van der Waals surface area contributed by atoms with Crippen molar-refractivity contribution in [1.29, 1.82) is 0 Å². The maximum Gasteiger partial charge on any atom is 0.228 e. The molecule has 3 rings (SSSR count). The van der Waals surface area contributed by atoms with Crippen LogP contribution in [0.25, 0.3) is 0 Å². The molecule has 2 aromatic carbocycles. The lowest BCUT2D eigenvalue weighted by molar-refractivity contribution is -0.115. The second-order valence-corrected chi connectivity index (χ2v) is 6.28. The number of thioether (sulfide) groups is 1. The van der Waals surface area contributed by atoms with Crippen molar-refractivity contribution in [2.45, 2.75) is 29.9 Å². The lowest BCUT2D eigenvalue weighted by Crippen LogP contribution is -2.25. The normalized spacial score (nSPS) is 28.1. The van der Waals surface area contributed by atoms with E-state index in [1.165, 1.54) is 11.8 Å². The molecule has 0 radical (unpaired) electrons. The Hall–Kier alpha value is -1.58. The van der Waals surface area contributed by atoms with Gasteiger partial charge in [0.25, 0.3) is 0 Å². The van der Waals surface area contributed by atoms with Gasteiger partial charge in [-0.3, -0.25) is 4.79 Å². The predicted octanol–water partition coefficient (Wildman–Crippen LogP) is 4.01. The fourth-order valence-electron chi connectivity index (χ4n) is 2.40. The van der Waals surface area contributed by atoms with Crippen LogP contribution in [0.5, 0.6) is 0 Å². The molecule has 0 aromatic heterocycles. The van der Waals surface area contributed by atoms with E-state index in [1.54, 1.807) is 0 Å². The summed E-state index contributed by atoms with van der Waals surface area (Å²) in [6, 6.07) is 19.6. The van der Waals surface area contributed by atoms with Gasteiger partial charge in [0.2, 0.25) is 5.12 Å². The van der Waals surface area contributed by atoms with Gasteiger partial charge in [-0.05, 0) is 43.3 Å². The maximum absolute atomic E-state index is 12.5. The van der Waals surface area contributed by atoms with Crippen molar-refractivity contribution in [3.8, 4) is 0 Å². The first-order valence-corrected chi connectivity index (χ1v) is 7.41. The van der Waals surface area contributed by atoms with Gasteiger partial charge in [0, 0.05) is 4.90 Å². The molecule has 0 aliphatic carbocycles. The molecule has 1 fully saturated rings. The highest BCUT2D eigenvalue weighted by Crippen LogP contribution is 2.57. The maximum atomic E-state index is 12.5. The number of benzene rings is 2. The monoisotopic (exact) mass is 284 g/mol. The molecule has 0 bridgehead atoms. The standard InChI is InChI=1S/C17H16O2S/c1-16(13-9-5-3-6-10-13)17(2,19-16)15(18)20-14-11-7-4-8-12-14/h3-12H,1-2H3/t16-,17+/m0/s1. The molecule has 2 aromatic rings. The minimum atomic E-state index is -0.755. The first kappa shape index (κ1) is 13.4. The van der Waals surface area contributed by atoms with Crippen LogP contribution < -0.4 is 0 Å². The Kier molecular flexibility index (Phi) is 3.19. The zero-order chi connectivity index (χ0) is 14.2. The third-order valence-electron chi connectivity index (χ3n) is 3.94. The summed E-state index contributed by atoms with van der Waals surface area (Å²) in [5, 5.41) is 0.0510. The molecule has 0 spiro atoms. The molecule has 0 unspecified atom stereocenters. The molecule has 0 saturated carbocycles. The quantitative estimate of drug-likeness (QED) is 0.630.